The number of nitrogens with zero attached hydrogens (tertiary/aromatic N) is 2. The van der Waals surface area contributed by atoms with Crippen LogP contribution >= 0.6 is 0 Å². The largest absolute Gasteiger partial charge is 0.347 e. The lowest BCUT2D eigenvalue weighted by molar-refractivity contribution is 0.798. The van der Waals surface area contributed by atoms with Crippen molar-refractivity contribution in [3.63, 3.8) is 0 Å². The fraction of sp³-hybridized carbons (Fsp3) is 0.0769. The van der Waals surface area contributed by atoms with Gasteiger partial charge in [0.15, 0.2) is 0 Å². The highest BCUT2D eigenvalue weighted by Gasteiger charge is 2.11. The average molecular weight is 224 g/mol. The Kier molecular flexibility index (Phi) is 2.34. The molecular weight excluding hydrogens is 212 g/mol. The van der Waals surface area contributed by atoms with Gasteiger partial charge in [0.05, 0.1) is 11.6 Å². The highest BCUT2D eigenvalue weighted by molar-refractivity contribution is 5.78. The minimum Gasteiger partial charge on any atom is -0.347 e. The van der Waals surface area contributed by atoms with Crippen molar-refractivity contribution in [2.45, 2.75) is 6.04 Å². The summed E-state index contributed by atoms with van der Waals surface area (Å²) in [5, 5.41) is 1.09. The Bertz CT molecular complexity index is 631. The Morgan fingerprint density at radius 2 is 2.06 bits per heavy atom. The van der Waals surface area contributed by atoms with E-state index >= 15 is 0 Å². The van der Waals surface area contributed by atoms with Gasteiger partial charge < -0.3 is 10.7 Å². The molecule has 1 aromatic carbocycles. The number of imidazole rings is 1. The Labute approximate surface area is 98.5 Å². The first kappa shape index (κ1) is 9.99. The number of rotatable bonds is 2. The number of fused-ring (bicyclic) bond motifs is 1. The second-order valence-electron chi connectivity index (χ2n) is 3.91. The van der Waals surface area contributed by atoms with Crippen LogP contribution in [-0.2, 0) is 0 Å². The molecule has 3 rings (SSSR count). The van der Waals surface area contributed by atoms with Crippen LogP contribution in [-0.4, -0.2) is 15.0 Å². The zero-order valence-corrected chi connectivity index (χ0v) is 9.17. The second kappa shape index (κ2) is 3.99. The van der Waals surface area contributed by atoms with E-state index in [0.717, 1.165) is 22.3 Å². The highest BCUT2D eigenvalue weighted by atomic mass is 14.9. The van der Waals surface area contributed by atoms with E-state index in [0.29, 0.717) is 0 Å². The van der Waals surface area contributed by atoms with Crippen molar-refractivity contribution in [3.05, 3.63) is 60.3 Å². The van der Waals surface area contributed by atoms with E-state index < -0.39 is 0 Å². The minimum absolute atomic E-state index is 0.262. The summed E-state index contributed by atoms with van der Waals surface area (Å²) in [6.45, 7) is 0. The average Bonchev–Trinajstić information content (AvgIpc) is 2.91. The van der Waals surface area contributed by atoms with Gasteiger partial charge in [0.1, 0.15) is 5.82 Å². The molecule has 4 heteroatoms. The zero-order chi connectivity index (χ0) is 11.7. The summed E-state index contributed by atoms with van der Waals surface area (Å²) in [7, 11) is 0. The summed E-state index contributed by atoms with van der Waals surface area (Å²) >= 11 is 0. The van der Waals surface area contributed by atoms with Gasteiger partial charge >= 0.3 is 0 Å². The number of pyridine rings is 1. The van der Waals surface area contributed by atoms with Gasteiger partial charge in [0.2, 0.25) is 0 Å². The second-order valence-corrected chi connectivity index (χ2v) is 3.91. The van der Waals surface area contributed by atoms with E-state index in [1.165, 1.54) is 0 Å². The molecule has 3 N–H and O–H groups in total. The van der Waals surface area contributed by atoms with Crippen LogP contribution in [0.1, 0.15) is 17.4 Å². The molecule has 3 aromatic rings. The van der Waals surface area contributed by atoms with E-state index in [1.54, 1.807) is 18.6 Å². The van der Waals surface area contributed by atoms with Gasteiger partial charge in [-0.3, -0.25) is 4.98 Å². The molecule has 0 saturated heterocycles. The van der Waals surface area contributed by atoms with Gasteiger partial charge in [-0.05, 0) is 17.7 Å². The molecule has 0 fully saturated rings. The number of para-hydroxylation sites is 1. The molecule has 0 aliphatic rings. The van der Waals surface area contributed by atoms with Gasteiger partial charge in [-0.2, -0.15) is 0 Å². The molecule has 1 atom stereocenters. The molecule has 2 aromatic heterocycles. The summed E-state index contributed by atoms with van der Waals surface area (Å²) < 4.78 is 0. The summed E-state index contributed by atoms with van der Waals surface area (Å²) in [6.07, 6.45) is 5.27. The molecule has 0 radical (unpaired) electrons. The predicted octanol–water partition coefficient (Wildman–Crippen LogP) is 2.01. The lowest BCUT2D eigenvalue weighted by Crippen LogP contribution is -2.13. The summed E-state index contributed by atoms with van der Waals surface area (Å²) in [5.41, 5.74) is 8.05. The molecule has 4 nitrogen and oxygen atoms in total. The molecule has 17 heavy (non-hydrogen) atoms. The number of hydrogen-bond acceptors (Lipinski definition) is 3. The molecule has 0 bridgehead atoms. The standard InChI is InChI=1S/C13H12N4/c14-12(13-15-5-6-16-13)10-7-9-3-1-2-4-11(9)17-8-10/h1-8,12H,14H2,(H,15,16). The first-order valence-corrected chi connectivity index (χ1v) is 5.44. The lowest BCUT2D eigenvalue weighted by atomic mass is 10.1. The molecule has 1 unspecified atom stereocenters. The monoisotopic (exact) mass is 224 g/mol. The topological polar surface area (TPSA) is 67.6 Å². The van der Waals surface area contributed by atoms with E-state index in [1.807, 2.05) is 24.3 Å². The van der Waals surface area contributed by atoms with Crippen LogP contribution in [0.5, 0.6) is 0 Å². The van der Waals surface area contributed by atoms with Crippen LogP contribution in [0.2, 0.25) is 0 Å². The summed E-state index contributed by atoms with van der Waals surface area (Å²) in [5.74, 6) is 0.752. The molecule has 0 aliphatic heterocycles. The van der Waals surface area contributed by atoms with Crippen LogP contribution in [0.25, 0.3) is 10.9 Å². The molecule has 84 valence electrons. The van der Waals surface area contributed by atoms with Crippen LogP contribution in [0, 0.1) is 0 Å². The van der Waals surface area contributed by atoms with Crippen LogP contribution in [0.15, 0.2) is 48.9 Å². The fourth-order valence-corrected chi connectivity index (χ4v) is 1.86. The van der Waals surface area contributed by atoms with E-state index in [2.05, 4.69) is 21.0 Å². The first-order chi connectivity index (χ1) is 8.34. The smallest absolute Gasteiger partial charge is 0.127 e. The van der Waals surface area contributed by atoms with Crippen molar-refractivity contribution in [2.24, 2.45) is 5.73 Å². The first-order valence-electron chi connectivity index (χ1n) is 5.44. The van der Waals surface area contributed by atoms with Crippen LogP contribution in [0.3, 0.4) is 0 Å². The van der Waals surface area contributed by atoms with E-state index in [9.17, 15) is 0 Å². The highest BCUT2D eigenvalue weighted by Crippen LogP contribution is 2.19. The maximum atomic E-state index is 6.12. The number of aromatic nitrogens is 3. The van der Waals surface area contributed by atoms with Crippen molar-refractivity contribution in [3.8, 4) is 0 Å². The molecule has 0 amide bonds. The maximum absolute atomic E-state index is 6.12. The number of hydrogen-bond donors (Lipinski definition) is 2. The third-order valence-electron chi connectivity index (χ3n) is 2.78. The molecule has 0 aliphatic carbocycles. The van der Waals surface area contributed by atoms with Crippen molar-refractivity contribution < 1.29 is 0 Å². The van der Waals surface area contributed by atoms with Gasteiger partial charge in [0, 0.05) is 24.0 Å². The number of benzene rings is 1. The van der Waals surface area contributed by atoms with Crippen LogP contribution < -0.4 is 5.73 Å². The zero-order valence-electron chi connectivity index (χ0n) is 9.17. The minimum atomic E-state index is -0.262. The number of aromatic amines is 1. The third-order valence-corrected chi connectivity index (χ3v) is 2.78. The van der Waals surface area contributed by atoms with Crippen molar-refractivity contribution in [2.75, 3.05) is 0 Å². The Morgan fingerprint density at radius 3 is 2.88 bits per heavy atom. The fourth-order valence-electron chi connectivity index (χ4n) is 1.86. The van der Waals surface area contributed by atoms with E-state index in [4.69, 9.17) is 5.73 Å². The number of nitrogens with two attached hydrogens (primary N) is 1. The third kappa shape index (κ3) is 1.79. The number of H-pyrrole nitrogens is 1. The van der Waals surface area contributed by atoms with Gasteiger partial charge in [-0.25, -0.2) is 4.98 Å². The maximum Gasteiger partial charge on any atom is 0.127 e. The Hall–Kier alpha value is -2.20. The molecule has 2 heterocycles. The van der Waals surface area contributed by atoms with Crippen LogP contribution in [0.4, 0.5) is 0 Å². The van der Waals surface area contributed by atoms with Gasteiger partial charge in [0.25, 0.3) is 0 Å². The molecule has 0 spiro atoms. The Morgan fingerprint density at radius 1 is 1.18 bits per heavy atom. The summed E-state index contributed by atoms with van der Waals surface area (Å²) in [6, 6.07) is 9.77. The van der Waals surface area contributed by atoms with Crippen molar-refractivity contribution in [1.82, 2.24) is 15.0 Å². The predicted molar refractivity (Wildman–Crippen MR) is 66.4 cm³/mol. The van der Waals surface area contributed by atoms with E-state index in [-0.39, 0.29) is 6.04 Å². The van der Waals surface area contributed by atoms with Gasteiger partial charge in [-0.1, -0.05) is 18.2 Å². The SMILES string of the molecule is NC(c1cnc2ccccc2c1)c1ncc[nH]1. The quantitative estimate of drug-likeness (QED) is 0.699. The normalized spacial score (nSPS) is 12.8. The molecular formula is C13H12N4. The van der Waals surface area contributed by atoms with Gasteiger partial charge in [-0.15, -0.1) is 0 Å². The number of nitrogens with one attached hydrogen (secondary N) is 1. The molecule has 0 saturated carbocycles. The lowest BCUT2D eigenvalue weighted by Gasteiger charge is -2.09. The van der Waals surface area contributed by atoms with Crippen molar-refractivity contribution >= 4 is 10.9 Å². The Balaban J connectivity index is 2.06. The van der Waals surface area contributed by atoms with Crippen molar-refractivity contribution in [1.29, 1.82) is 0 Å². The summed E-state index contributed by atoms with van der Waals surface area (Å²) in [4.78, 5) is 11.6.